The number of nitrogens with zero attached hydrogens (tertiary/aromatic N) is 4. The zero-order valence-corrected chi connectivity index (χ0v) is 18.2. The third kappa shape index (κ3) is 2.79. The molecule has 0 amide bonds. The topological polar surface area (TPSA) is 43.1 Å². The molecule has 3 aromatic rings. The van der Waals surface area contributed by atoms with Gasteiger partial charge in [0.2, 0.25) is 0 Å². The number of benzene rings is 1. The highest BCUT2D eigenvalue weighted by Crippen LogP contribution is 2.52. The third-order valence-corrected chi connectivity index (χ3v) is 8.05. The molecule has 146 valence electrons. The summed E-state index contributed by atoms with van der Waals surface area (Å²) < 4.78 is 2.25. The van der Waals surface area contributed by atoms with Gasteiger partial charge in [-0.25, -0.2) is 9.38 Å². The number of rotatable bonds is 5. The fourth-order valence-electron chi connectivity index (χ4n) is 4.94. The summed E-state index contributed by atoms with van der Waals surface area (Å²) in [5.74, 6) is 2.05. The Labute approximate surface area is 174 Å². The molecule has 0 atom stereocenters. The molecule has 1 aromatic carbocycles. The van der Waals surface area contributed by atoms with Crippen LogP contribution in [0.4, 0.5) is 0 Å². The van der Waals surface area contributed by atoms with Crippen molar-refractivity contribution in [2.45, 2.75) is 68.1 Å². The molecule has 0 aliphatic heterocycles. The Morgan fingerprint density at radius 3 is 2.64 bits per heavy atom. The molecule has 4 nitrogen and oxygen atoms in total. The molecule has 2 aliphatic carbocycles. The van der Waals surface area contributed by atoms with E-state index in [-0.39, 0.29) is 5.41 Å². The summed E-state index contributed by atoms with van der Waals surface area (Å²) in [4.78, 5) is 5.27. The van der Waals surface area contributed by atoms with E-state index in [1.165, 1.54) is 42.4 Å². The van der Waals surface area contributed by atoms with Crippen molar-refractivity contribution in [3.63, 3.8) is 0 Å². The number of fused-ring (bicyclic) bond motifs is 6. The molecule has 0 radical (unpaired) electrons. The molecule has 2 heterocycles. The van der Waals surface area contributed by atoms with Crippen molar-refractivity contribution < 1.29 is 0 Å². The first-order chi connectivity index (χ1) is 13.8. The number of aromatic nitrogens is 4. The van der Waals surface area contributed by atoms with Crippen LogP contribution in [-0.2, 0) is 11.8 Å². The molecule has 5 rings (SSSR count). The monoisotopic (exact) mass is 410 g/mol. The maximum absolute atomic E-state index is 5.27. The molecule has 6 heteroatoms. The highest BCUT2D eigenvalue weighted by molar-refractivity contribution is 7.99. The van der Waals surface area contributed by atoms with E-state index in [0.717, 1.165) is 46.0 Å². The predicted molar refractivity (Wildman–Crippen MR) is 117 cm³/mol. The zero-order chi connectivity index (χ0) is 19.1. The van der Waals surface area contributed by atoms with Crippen molar-refractivity contribution in [1.29, 1.82) is 0 Å². The zero-order valence-electron chi connectivity index (χ0n) is 16.6. The summed E-state index contributed by atoms with van der Waals surface area (Å²) in [7, 11) is 0. The summed E-state index contributed by atoms with van der Waals surface area (Å²) in [5.41, 5.74) is 6.48. The van der Waals surface area contributed by atoms with Crippen LogP contribution in [-0.4, -0.2) is 31.1 Å². The van der Waals surface area contributed by atoms with Crippen molar-refractivity contribution in [1.82, 2.24) is 19.6 Å². The molecule has 2 aliphatic rings. The van der Waals surface area contributed by atoms with Crippen LogP contribution in [0.5, 0.6) is 0 Å². The van der Waals surface area contributed by atoms with E-state index >= 15 is 0 Å². The van der Waals surface area contributed by atoms with E-state index < -0.39 is 0 Å². The average Bonchev–Trinajstić information content (AvgIpc) is 3.34. The molecule has 0 bridgehead atoms. The minimum absolute atomic E-state index is 0.174. The fraction of sp³-hybridized carbons (Fsp3) is 0.500. The number of hydrogen-bond acceptors (Lipinski definition) is 5. The lowest BCUT2D eigenvalue weighted by Gasteiger charge is -2.36. The van der Waals surface area contributed by atoms with E-state index in [1.807, 2.05) is 0 Å². The molecular formula is C22H26N4S2. The van der Waals surface area contributed by atoms with Gasteiger partial charge in [0.1, 0.15) is 0 Å². The van der Waals surface area contributed by atoms with Crippen molar-refractivity contribution in [2.75, 3.05) is 11.5 Å². The van der Waals surface area contributed by atoms with E-state index in [9.17, 15) is 0 Å². The molecule has 1 spiro atoms. The Kier molecular flexibility index (Phi) is 4.87. The predicted octanol–water partition coefficient (Wildman–Crippen LogP) is 5.77. The summed E-state index contributed by atoms with van der Waals surface area (Å²) in [6.07, 6.45) is 7.30. The van der Waals surface area contributed by atoms with Gasteiger partial charge in [0, 0.05) is 22.3 Å². The minimum atomic E-state index is 0.174. The minimum Gasteiger partial charge on any atom is -0.248 e. The maximum atomic E-state index is 5.27. The first-order valence-electron chi connectivity index (χ1n) is 10.4. The smallest absolute Gasteiger partial charge is 0.197 e. The maximum Gasteiger partial charge on any atom is 0.197 e. The van der Waals surface area contributed by atoms with E-state index in [1.54, 1.807) is 23.5 Å². The normalized spacial score (nSPS) is 17.2. The van der Waals surface area contributed by atoms with Gasteiger partial charge in [-0.2, -0.15) is 0 Å². The Morgan fingerprint density at radius 2 is 1.86 bits per heavy atom. The van der Waals surface area contributed by atoms with Gasteiger partial charge in [0.15, 0.2) is 16.0 Å². The van der Waals surface area contributed by atoms with Gasteiger partial charge in [-0.05, 0) is 37.0 Å². The van der Waals surface area contributed by atoms with E-state index in [2.05, 4.69) is 47.6 Å². The van der Waals surface area contributed by atoms with Gasteiger partial charge in [0.05, 0.1) is 5.69 Å². The fourth-order valence-corrected chi connectivity index (χ4v) is 6.51. The lowest BCUT2D eigenvalue weighted by atomic mass is 9.68. The SMILES string of the molecule is CCCSc1nnc2c3c(nc(SCC)n12)-c1ccccc1CC31CCCC1. The van der Waals surface area contributed by atoms with Gasteiger partial charge in [-0.15, -0.1) is 10.2 Å². The standard InChI is InChI=1S/C22H26N4S2/c1-3-13-28-21-25-24-19-17-18(23-20(26(19)21)27-4-2)16-10-6-5-9-15(16)14-22(17)11-7-8-12-22/h5-6,9-10H,3-4,7-8,11-14H2,1-2H3. The van der Waals surface area contributed by atoms with Gasteiger partial charge >= 0.3 is 0 Å². The van der Waals surface area contributed by atoms with Crippen molar-refractivity contribution in [3.05, 3.63) is 35.4 Å². The molecule has 28 heavy (non-hydrogen) atoms. The lowest BCUT2D eigenvalue weighted by Crippen LogP contribution is -2.31. The average molecular weight is 411 g/mol. The summed E-state index contributed by atoms with van der Waals surface area (Å²) in [5, 5.41) is 11.4. The molecule has 0 N–H and O–H groups in total. The van der Waals surface area contributed by atoms with E-state index in [0.29, 0.717) is 0 Å². The molecular weight excluding hydrogens is 384 g/mol. The van der Waals surface area contributed by atoms with Crippen LogP contribution in [0, 0.1) is 0 Å². The molecule has 1 saturated carbocycles. The van der Waals surface area contributed by atoms with Crippen molar-refractivity contribution >= 4 is 29.2 Å². The van der Waals surface area contributed by atoms with Gasteiger partial charge in [-0.1, -0.05) is 74.5 Å². The van der Waals surface area contributed by atoms with Crippen LogP contribution in [0.25, 0.3) is 16.9 Å². The van der Waals surface area contributed by atoms with Gasteiger partial charge in [0.25, 0.3) is 0 Å². The Bertz CT molecular complexity index is 1020. The lowest BCUT2D eigenvalue weighted by molar-refractivity contribution is 0.431. The number of thioether (sulfide) groups is 2. The van der Waals surface area contributed by atoms with Crippen molar-refractivity contribution in [2.24, 2.45) is 0 Å². The van der Waals surface area contributed by atoms with Crippen LogP contribution in [0.1, 0.15) is 57.1 Å². The van der Waals surface area contributed by atoms with Crippen molar-refractivity contribution in [3.8, 4) is 11.3 Å². The van der Waals surface area contributed by atoms with E-state index in [4.69, 9.17) is 10.1 Å². The second kappa shape index (κ2) is 7.38. The summed E-state index contributed by atoms with van der Waals surface area (Å²) >= 11 is 3.59. The number of hydrogen-bond donors (Lipinski definition) is 0. The summed E-state index contributed by atoms with van der Waals surface area (Å²) in [6.45, 7) is 4.40. The quantitative estimate of drug-likeness (QED) is 0.394. The largest absolute Gasteiger partial charge is 0.248 e. The van der Waals surface area contributed by atoms with Crippen LogP contribution >= 0.6 is 23.5 Å². The van der Waals surface area contributed by atoms with Crippen LogP contribution in [0.15, 0.2) is 34.6 Å². The molecule has 1 fully saturated rings. The molecule has 0 unspecified atom stereocenters. The van der Waals surface area contributed by atoms with Gasteiger partial charge < -0.3 is 0 Å². The third-order valence-electron chi connectivity index (χ3n) is 6.09. The second-order valence-electron chi connectivity index (χ2n) is 7.86. The molecule has 2 aromatic heterocycles. The Balaban J connectivity index is 1.82. The summed E-state index contributed by atoms with van der Waals surface area (Å²) in [6, 6.07) is 8.84. The molecule has 0 saturated heterocycles. The second-order valence-corrected chi connectivity index (χ2v) is 10.2. The van der Waals surface area contributed by atoms with Crippen LogP contribution < -0.4 is 0 Å². The highest BCUT2D eigenvalue weighted by atomic mass is 32.2. The first kappa shape index (κ1) is 18.5. The van der Waals surface area contributed by atoms with Crippen LogP contribution in [0.3, 0.4) is 0 Å². The first-order valence-corrected chi connectivity index (χ1v) is 12.4. The Hall–Kier alpha value is -1.53. The van der Waals surface area contributed by atoms with Crippen LogP contribution in [0.2, 0.25) is 0 Å². The Morgan fingerprint density at radius 1 is 1.04 bits per heavy atom. The highest BCUT2D eigenvalue weighted by Gasteiger charge is 2.44. The van der Waals surface area contributed by atoms with Gasteiger partial charge in [-0.3, -0.25) is 0 Å².